The smallest absolute Gasteiger partial charge is 0.257 e. The molecule has 4 heterocycles. The summed E-state index contributed by atoms with van der Waals surface area (Å²) in [5.74, 6) is 0.736. The monoisotopic (exact) mass is 338 g/mol. The van der Waals surface area contributed by atoms with Crippen LogP contribution in [0.2, 0.25) is 0 Å². The van der Waals surface area contributed by atoms with Crippen molar-refractivity contribution in [2.75, 3.05) is 25.5 Å². The van der Waals surface area contributed by atoms with Gasteiger partial charge in [-0.3, -0.25) is 4.79 Å². The van der Waals surface area contributed by atoms with Crippen LogP contribution < -0.4 is 4.90 Å². The third kappa shape index (κ3) is 2.69. The standard InChI is InChI=1S/C17H18N6O2/c1-10-13-6-11(8-18-16(13)25-21-10)17(24)23-5-4-14-12(9-23)7-15(20-19-14)22(2)3/h6-8H,4-5,9H2,1-3H3. The molecule has 0 spiro atoms. The van der Waals surface area contributed by atoms with Crippen molar-refractivity contribution in [3.05, 3.63) is 40.8 Å². The van der Waals surface area contributed by atoms with E-state index < -0.39 is 0 Å². The summed E-state index contributed by atoms with van der Waals surface area (Å²) in [6.07, 6.45) is 2.24. The van der Waals surface area contributed by atoms with Gasteiger partial charge in [0.2, 0.25) is 0 Å². The lowest BCUT2D eigenvalue weighted by atomic mass is 10.1. The highest BCUT2D eigenvalue weighted by Gasteiger charge is 2.24. The second-order valence-corrected chi connectivity index (χ2v) is 6.39. The van der Waals surface area contributed by atoms with Crippen LogP contribution in [0.25, 0.3) is 11.1 Å². The van der Waals surface area contributed by atoms with Crippen LogP contribution in [0.15, 0.2) is 22.9 Å². The molecule has 1 aliphatic rings. The second kappa shape index (κ2) is 5.80. The number of carbonyl (C=O) groups excluding carboxylic acids is 1. The van der Waals surface area contributed by atoms with Crippen LogP contribution in [0.1, 0.15) is 27.3 Å². The number of amides is 1. The molecule has 25 heavy (non-hydrogen) atoms. The van der Waals surface area contributed by atoms with Gasteiger partial charge in [-0.2, -0.15) is 5.10 Å². The fourth-order valence-corrected chi connectivity index (χ4v) is 2.95. The largest absolute Gasteiger partial charge is 0.361 e. The SMILES string of the molecule is Cc1noc2ncc(C(=O)N3CCc4nnc(N(C)C)cc4C3)cc12. The zero-order chi connectivity index (χ0) is 17.6. The van der Waals surface area contributed by atoms with E-state index in [-0.39, 0.29) is 5.91 Å². The molecule has 0 saturated heterocycles. The third-order valence-electron chi connectivity index (χ3n) is 4.43. The number of aromatic nitrogens is 4. The molecule has 1 aliphatic heterocycles. The molecule has 8 heteroatoms. The highest BCUT2D eigenvalue weighted by Crippen LogP contribution is 2.23. The Kier molecular flexibility index (Phi) is 3.60. The summed E-state index contributed by atoms with van der Waals surface area (Å²) in [4.78, 5) is 20.8. The molecule has 3 aromatic heterocycles. The van der Waals surface area contributed by atoms with Gasteiger partial charge in [0, 0.05) is 39.8 Å². The molecule has 4 rings (SSSR count). The first kappa shape index (κ1) is 15.5. The lowest BCUT2D eigenvalue weighted by Crippen LogP contribution is -2.36. The molecule has 0 fully saturated rings. The maximum absolute atomic E-state index is 12.9. The van der Waals surface area contributed by atoms with Crippen LogP contribution in [0.5, 0.6) is 0 Å². The van der Waals surface area contributed by atoms with Gasteiger partial charge < -0.3 is 14.3 Å². The predicted octanol–water partition coefficient (Wildman–Crippen LogP) is 1.59. The number of hydrogen-bond donors (Lipinski definition) is 0. The number of fused-ring (bicyclic) bond motifs is 2. The minimum Gasteiger partial charge on any atom is -0.361 e. The van der Waals surface area contributed by atoms with Crippen molar-refractivity contribution < 1.29 is 9.32 Å². The van der Waals surface area contributed by atoms with E-state index in [0.29, 0.717) is 30.8 Å². The Morgan fingerprint density at radius 2 is 2.12 bits per heavy atom. The predicted molar refractivity (Wildman–Crippen MR) is 91.3 cm³/mol. The molecular formula is C17H18N6O2. The van der Waals surface area contributed by atoms with Crippen LogP contribution in [0.4, 0.5) is 5.82 Å². The maximum Gasteiger partial charge on any atom is 0.257 e. The van der Waals surface area contributed by atoms with E-state index >= 15 is 0 Å². The van der Waals surface area contributed by atoms with Crippen molar-refractivity contribution in [3.8, 4) is 0 Å². The van der Waals surface area contributed by atoms with Crippen molar-refractivity contribution >= 4 is 22.8 Å². The zero-order valence-electron chi connectivity index (χ0n) is 14.4. The molecule has 0 bridgehead atoms. The Labute approximate surface area is 144 Å². The summed E-state index contributed by atoms with van der Waals surface area (Å²) in [6.45, 7) is 2.97. The van der Waals surface area contributed by atoms with Crippen molar-refractivity contribution in [3.63, 3.8) is 0 Å². The van der Waals surface area contributed by atoms with Crippen LogP contribution in [0, 0.1) is 6.92 Å². The summed E-state index contributed by atoms with van der Waals surface area (Å²) in [5.41, 5.74) is 3.71. The molecule has 0 radical (unpaired) electrons. The van der Waals surface area contributed by atoms with Gasteiger partial charge in [0.05, 0.1) is 22.3 Å². The molecule has 128 valence electrons. The van der Waals surface area contributed by atoms with Gasteiger partial charge in [-0.1, -0.05) is 5.16 Å². The molecule has 0 aromatic carbocycles. The molecule has 3 aromatic rings. The van der Waals surface area contributed by atoms with E-state index in [1.54, 1.807) is 12.3 Å². The fraction of sp³-hybridized carbons (Fsp3) is 0.353. The van der Waals surface area contributed by atoms with Gasteiger partial charge >= 0.3 is 0 Å². The van der Waals surface area contributed by atoms with Crippen molar-refractivity contribution in [1.82, 2.24) is 25.2 Å². The summed E-state index contributed by atoms with van der Waals surface area (Å²) in [7, 11) is 3.84. The number of nitrogens with zero attached hydrogens (tertiary/aromatic N) is 6. The minimum atomic E-state index is -0.0520. The van der Waals surface area contributed by atoms with Crippen LogP contribution in [-0.2, 0) is 13.0 Å². The Hall–Kier alpha value is -3.03. The van der Waals surface area contributed by atoms with Gasteiger partial charge in [0.15, 0.2) is 5.82 Å². The van der Waals surface area contributed by atoms with Crippen molar-refractivity contribution in [2.45, 2.75) is 19.9 Å². The summed E-state index contributed by atoms with van der Waals surface area (Å²) < 4.78 is 5.11. The molecular weight excluding hydrogens is 320 g/mol. The molecule has 1 amide bonds. The first-order chi connectivity index (χ1) is 12.0. The number of anilines is 1. The Morgan fingerprint density at radius 3 is 2.92 bits per heavy atom. The van der Waals surface area contributed by atoms with E-state index in [9.17, 15) is 4.79 Å². The number of aryl methyl sites for hydroxylation is 1. The number of rotatable bonds is 2. The highest BCUT2D eigenvalue weighted by atomic mass is 16.5. The van der Waals surface area contributed by atoms with Gasteiger partial charge in [-0.05, 0) is 24.6 Å². The number of carbonyl (C=O) groups is 1. The van der Waals surface area contributed by atoms with Crippen LogP contribution in [0.3, 0.4) is 0 Å². The number of pyridine rings is 1. The van der Waals surface area contributed by atoms with Gasteiger partial charge in [-0.15, -0.1) is 5.10 Å². The molecule has 0 atom stereocenters. The molecule has 8 nitrogen and oxygen atoms in total. The molecule has 0 unspecified atom stereocenters. The molecule has 0 aliphatic carbocycles. The Morgan fingerprint density at radius 1 is 1.28 bits per heavy atom. The molecule has 0 N–H and O–H groups in total. The zero-order valence-corrected chi connectivity index (χ0v) is 14.4. The lowest BCUT2D eigenvalue weighted by molar-refractivity contribution is 0.0733. The van der Waals surface area contributed by atoms with Crippen molar-refractivity contribution in [2.24, 2.45) is 0 Å². The lowest BCUT2D eigenvalue weighted by Gasteiger charge is -2.28. The van der Waals surface area contributed by atoms with Gasteiger partial charge in [0.1, 0.15) is 0 Å². The highest BCUT2D eigenvalue weighted by molar-refractivity contribution is 5.97. The van der Waals surface area contributed by atoms with E-state index in [4.69, 9.17) is 4.52 Å². The van der Waals surface area contributed by atoms with E-state index in [1.165, 1.54) is 0 Å². The van der Waals surface area contributed by atoms with Gasteiger partial charge in [-0.25, -0.2) is 4.98 Å². The first-order valence-electron chi connectivity index (χ1n) is 8.07. The van der Waals surface area contributed by atoms with Crippen LogP contribution >= 0.6 is 0 Å². The van der Waals surface area contributed by atoms with Crippen molar-refractivity contribution in [1.29, 1.82) is 0 Å². The van der Waals surface area contributed by atoms with E-state index in [2.05, 4.69) is 20.3 Å². The quantitative estimate of drug-likeness (QED) is 0.701. The summed E-state index contributed by atoms with van der Waals surface area (Å²) in [6, 6.07) is 3.79. The maximum atomic E-state index is 12.9. The first-order valence-corrected chi connectivity index (χ1v) is 8.07. The van der Waals surface area contributed by atoms with Crippen LogP contribution in [-0.4, -0.2) is 51.8 Å². The summed E-state index contributed by atoms with van der Waals surface area (Å²) >= 11 is 0. The molecule has 0 saturated carbocycles. The van der Waals surface area contributed by atoms with E-state index in [0.717, 1.165) is 28.2 Å². The summed E-state index contributed by atoms with van der Waals surface area (Å²) in [5, 5.41) is 13.1. The fourth-order valence-electron chi connectivity index (χ4n) is 2.95. The minimum absolute atomic E-state index is 0.0520. The van der Waals surface area contributed by atoms with E-state index in [1.807, 2.05) is 36.9 Å². The Balaban J connectivity index is 1.62. The van der Waals surface area contributed by atoms with Gasteiger partial charge in [0.25, 0.3) is 11.6 Å². The third-order valence-corrected chi connectivity index (χ3v) is 4.43. The average Bonchev–Trinajstić information content (AvgIpc) is 3.00. The topological polar surface area (TPSA) is 88.2 Å². The Bertz CT molecular complexity index is 965. The average molecular weight is 338 g/mol. The number of hydrogen-bond acceptors (Lipinski definition) is 7. The normalized spacial score (nSPS) is 13.8. The second-order valence-electron chi connectivity index (χ2n) is 6.39.